The molecule has 1 aliphatic carbocycles. The number of aromatic nitrogens is 2. The van der Waals surface area contributed by atoms with Gasteiger partial charge in [-0.3, -0.25) is 0 Å². The molecule has 32 heavy (non-hydrogen) atoms. The van der Waals surface area contributed by atoms with E-state index in [1.54, 1.807) is 5.56 Å². The largest absolute Gasteiger partial charge is 0.337 e. The molecule has 0 saturated heterocycles. The van der Waals surface area contributed by atoms with Gasteiger partial charge >= 0.3 is 0 Å². The Morgan fingerprint density at radius 2 is 1.66 bits per heavy atom. The minimum Gasteiger partial charge on any atom is -0.337 e. The van der Waals surface area contributed by atoms with Crippen LogP contribution >= 0.6 is 0 Å². The summed E-state index contributed by atoms with van der Waals surface area (Å²) in [5, 5.41) is 2.70. The third-order valence-corrected chi connectivity index (χ3v) is 8.68. The molecule has 0 N–H and O–H groups in total. The molecule has 1 unspecified atom stereocenters. The Bertz CT molecular complexity index is 1370. The summed E-state index contributed by atoms with van der Waals surface area (Å²) in [6.07, 6.45) is 11.7. The molecular formula is C29H29N3. The SMILES string of the molecule is Cc1c(N2c3ccccc3C3(CCCCC3)C2C)c2c(c3ccccc13)-n1ccnc1C2. The second-order valence-corrected chi connectivity index (χ2v) is 10.0. The lowest BCUT2D eigenvalue weighted by molar-refractivity contribution is 0.268. The maximum Gasteiger partial charge on any atom is 0.117 e. The fraction of sp³-hybridized carbons (Fsp3) is 0.345. The van der Waals surface area contributed by atoms with Crippen molar-refractivity contribution in [2.45, 2.75) is 63.8 Å². The van der Waals surface area contributed by atoms with Crippen molar-refractivity contribution in [3.05, 3.63) is 83.4 Å². The molecule has 0 radical (unpaired) electrons. The molecule has 1 atom stereocenters. The zero-order valence-corrected chi connectivity index (χ0v) is 18.9. The molecule has 160 valence electrons. The van der Waals surface area contributed by atoms with Gasteiger partial charge in [0.05, 0.1) is 11.4 Å². The van der Waals surface area contributed by atoms with Crippen LogP contribution in [0.2, 0.25) is 0 Å². The maximum absolute atomic E-state index is 4.71. The number of rotatable bonds is 1. The third kappa shape index (κ3) is 2.19. The predicted molar refractivity (Wildman–Crippen MR) is 131 cm³/mol. The summed E-state index contributed by atoms with van der Waals surface area (Å²) in [7, 11) is 0. The summed E-state index contributed by atoms with van der Waals surface area (Å²) in [6, 6.07) is 18.6. The van der Waals surface area contributed by atoms with E-state index in [1.165, 1.54) is 71.1 Å². The van der Waals surface area contributed by atoms with Crippen molar-refractivity contribution < 1.29 is 0 Å². The molecule has 3 nitrogen and oxygen atoms in total. The Balaban J connectivity index is 1.54. The second-order valence-electron chi connectivity index (χ2n) is 10.0. The van der Waals surface area contributed by atoms with Crippen molar-refractivity contribution >= 4 is 22.1 Å². The van der Waals surface area contributed by atoms with Crippen LogP contribution in [0.4, 0.5) is 11.4 Å². The second kappa shape index (κ2) is 6.48. The van der Waals surface area contributed by atoms with Crippen LogP contribution in [0.15, 0.2) is 60.9 Å². The number of anilines is 2. The average Bonchev–Trinajstić information content (AvgIpc) is 3.48. The maximum atomic E-state index is 4.71. The fourth-order valence-electron chi connectivity index (χ4n) is 7.21. The lowest BCUT2D eigenvalue weighted by Gasteiger charge is -2.41. The zero-order chi connectivity index (χ0) is 21.4. The van der Waals surface area contributed by atoms with Crippen molar-refractivity contribution in [2.24, 2.45) is 0 Å². The van der Waals surface area contributed by atoms with Gasteiger partial charge < -0.3 is 9.47 Å². The highest BCUT2D eigenvalue weighted by molar-refractivity contribution is 6.01. The summed E-state index contributed by atoms with van der Waals surface area (Å²) in [5.41, 5.74) is 8.87. The first-order chi connectivity index (χ1) is 15.7. The smallest absolute Gasteiger partial charge is 0.117 e. The molecule has 1 saturated carbocycles. The number of nitrogens with zero attached hydrogens (tertiary/aromatic N) is 3. The van der Waals surface area contributed by atoms with Gasteiger partial charge in [0.2, 0.25) is 0 Å². The van der Waals surface area contributed by atoms with Gasteiger partial charge in [-0.25, -0.2) is 4.98 Å². The molecule has 3 heteroatoms. The number of imidazole rings is 1. The van der Waals surface area contributed by atoms with E-state index < -0.39 is 0 Å². The minimum atomic E-state index is 0.270. The van der Waals surface area contributed by atoms with Crippen LogP contribution in [0, 0.1) is 6.92 Å². The molecule has 3 aromatic carbocycles. The number of para-hydroxylation sites is 1. The standard InChI is InChI=1S/C29H29N3/c1-19-21-10-4-5-11-22(21)28-23(18-26-30-16-17-31(26)28)27(19)32-20(2)29(14-8-3-9-15-29)24-12-6-7-13-25(24)32/h4-7,10-13,16-17,20H,3,8-9,14-15,18H2,1-2H3. The Morgan fingerprint density at radius 3 is 2.50 bits per heavy atom. The van der Waals surface area contributed by atoms with Gasteiger partial charge in [-0.05, 0) is 49.3 Å². The van der Waals surface area contributed by atoms with Crippen LogP contribution < -0.4 is 4.90 Å². The molecule has 1 spiro atoms. The quantitative estimate of drug-likeness (QED) is 0.292. The third-order valence-electron chi connectivity index (χ3n) is 8.68. The van der Waals surface area contributed by atoms with Crippen LogP contribution in [0.25, 0.3) is 16.5 Å². The molecule has 4 aromatic rings. The molecular weight excluding hydrogens is 390 g/mol. The summed E-state index contributed by atoms with van der Waals surface area (Å²) in [5.74, 6) is 1.16. The lowest BCUT2D eigenvalue weighted by atomic mass is 9.67. The Kier molecular flexibility index (Phi) is 3.74. The molecule has 2 aliphatic heterocycles. The highest BCUT2D eigenvalue weighted by atomic mass is 15.2. The van der Waals surface area contributed by atoms with Gasteiger partial charge in [0.15, 0.2) is 0 Å². The first-order valence-electron chi connectivity index (χ1n) is 12.2. The van der Waals surface area contributed by atoms with E-state index in [1.807, 2.05) is 6.20 Å². The number of fused-ring (bicyclic) bond motifs is 7. The minimum absolute atomic E-state index is 0.270. The van der Waals surface area contributed by atoms with E-state index in [0.29, 0.717) is 6.04 Å². The Hall–Kier alpha value is -3.07. The van der Waals surface area contributed by atoms with E-state index >= 15 is 0 Å². The lowest BCUT2D eigenvalue weighted by Crippen LogP contribution is -2.42. The van der Waals surface area contributed by atoms with Gasteiger partial charge in [0.25, 0.3) is 0 Å². The summed E-state index contributed by atoms with van der Waals surface area (Å²) in [4.78, 5) is 7.42. The van der Waals surface area contributed by atoms with Crippen molar-refractivity contribution in [1.29, 1.82) is 0 Å². The van der Waals surface area contributed by atoms with Crippen LogP contribution in [-0.2, 0) is 11.8 Å². The number of hydrogen-bond donors (Lipinski definition) is 0. The van der Waals surface area contributed by atoms with E-state index in [9.17, 15) is 0 Å². The van der Waals surface area contributed by atoms with E-state index in [-0.39, 0.29) is 5.41 Å². The zero-order valence-electron chi connectivity index (χ0n) is 18.9. The van der Waals surface area contributed by atoms with Crippen LogP contribution in [0.1, 0.15) is 61.5 Å². The van der Waals surface area contributed by atoms with Gasteiger partial charge in [-0.2, -0.15) is 0 Å². The number of benzene rings is 3. The first-order valence-corrected chi connectivity index (χ1v) is 12.2. The van der Waals surface area contributed by atoms with Crippen molar-refractivity contribution in [2.75, 3.05) is 4.90 Å². The van der Waals surface area contributed by atoms with E-state index in [2.05, 4.69) is 78.0 Å². The summed E-state index contributed by atoms with van der Waals surface area (Å²) < 4.78 is 2.32. The molecule has 3 heterocycles. The van der Waals surface area contributed by atoms with Crippen molar-refractivity contribution in [3.63, 3.8) is 0 Å². The summed E-state index contributed by atoms with van der Waals surface area (Å²) in [6.45, 7) is 4.82. The molecule has 1 aromatic heterocycles. The van der Waals surface area contributed by atoms with Gasteiger partial charge in [-0.15, -0.1) is 0 Å². The van der Waals surface area contributed by atoms with Crippen LogP contribution in [0.5, 0.6) is 0 Å². The molecule has 0 bridgehead atoms. The Morgan fingerprint density at radius 1 is 0.906 bits per heavy atom. The number of hydrogen-bond acceptors (Lipinski definition) is 2. The monoisotopic (exact) mass is 419 g/mol. The van der Waals surface area contributed by atoms with Gasteiger partial charge in [-0.1, -0.05) is 61.7 Å². The fourth-order valence-corrected chi connectivity index (χ4v) is 7.21. The van der Waals surface area contributed by atoms with E-state index in [4.69, 9.17) is 4.98 Å². The van der Waals surface area contributed by atoms with Crippen molar-refractivity contribution in [1.82, 2.24) is 9.55 Å². The average molecular weight is 420 g/mol. The predicted octanol–water partition coefficient (Wildman–Crippen LogP) is 6.98. The van der Waals surface area contributed by atoms with Crippen LogP contribution in [0.3, 0.4) is 0 Å². The van der Waals surface area contributed by atoms with Crippen LogP contribution in [-0.4, -0.2) is 15.6 Å². The van der Waals surface area contributed by atoms with Crippen molar-refractivity contribution in [3.8, 4) is 5.69 Å². The van der Waals surface area contributed by atoms with Gasteiger partial charge in [0, 0.05) is 46.9 Å². The highest BCUT2D eigenvalue weighted by Gasteiger charge is 2.50. The molecule has 3 aliphatic rings. The normalized spacial score (nSPS) is 20.6. The van der Waals surface area contributed by atoms with Gasteiger partial charge in [0.1, 0.15) is 5.82 Å². The topological polar surface area (TPSA) is 21.1 Å². The highest BCUT2D eigenvalue weighted by Crippen LogP contribution is 2.57. The number of aryl methyl sites for hydroxylation is 1. The Labute approximate surface area is 189 Å². The summed E-state index contributed by atoms with van der Waals surface area (Å²) >= 11 is 0. The molecule has 1 fully saturated rings. The van der Waals surface area contributed by atoms with E-state index in [0.717, 1.165) is 12.2 Å². The molecule has 7 rings (SSSR count). The molecule has 0 amide bonds. The first kappa shape index (κ1) is 18.5.